The number of carbonyl (C=O) groups is 1. The molecular formula is C12H13ClFNO3S. The molecule has 0 saturated carbocycles. The molecule has 1 aliphatic rings. The molecule has 0 aliphatic carbocycles. The summed E-state index contributed by atoms with van der Waals surface area (Å²) in [5, 5.41) is -1.44. The molecule has 104 valence electrons. The van der Waals surface area contributed by atoms with Crippen molar-refractivity contribution in [3.63, 3.8) is 0 Å². The Balaban J connectivity index is 2.13. The Kier molecular flexibility index (Phi) is 3.82. The van der Waals surface area contributed by atoms with Gasteiger partial charge in [0.15, 0.2) is 9.84 Å². The second-order valence-electron chi connectivity index (χ2n) is 4.46. The van der Waals surface area contributed by atoms with Crippen molar-refractivity contribution in [1.82, 2.24) is 4.90 Å². The summed E-state index contributed by atoms with van der Waals surface area (Å²) in [4.78, 5) is 12.6. The van der Waals surface area contributed by atoms with E-state index in [9.17, 15) is 17.6 Å². The van der Waals surface area contributed by atoms with Crippen LogP contribution in [0.15, 0.2) is 29.2 Å². The Bertz CT molecular complexity index is 597. The highest BCUT2D eigenvalue weighted by Gasteiger charge is 2.42. The Labute approximate surface area is 116 Å². The molecule has 19 heavy (non-hydrogen) atoms. The zero-order valence-electron chi connectivity index (χ0n) is 10.2. The summed E-state index contributed by atoms with van der Waals surface area (Å²) in [7, 11) is -3.74. The van der Waals surface area contributed by atoms with Gasteiger partial charge in [-0.05, 0) is 19.1 Å². The van der Waals surface area contributed by atoms with Crippen molar-refractivity contribution in [2.75, 3.05) is 13.1 Å². The number of alkyl halides is 1. The molecule has 1 atom stereocenters. The molecule has 1 saturated heterocycles. The van der Waals surface area contributed by atoms with Crippen LogP contribution in [0.2, 0.25) is 0 Å². The van der Waals surface area contributed by atoms with Gasteiger partial charge in [-0.25, -0.2) is 12.8 Å². The number of benzene rings is 1. The van der Waals surface area contributed by atoms with Crippen molar-refractivity contribution >= 4 is 27.3 Å². The third kappa shape index (κ3) is 2.60. The summed E-state index contributed by atoms with van der Waals surface area (Å²) >= 11 is 5.64. The lowest BCUT2D eigenvalue weighted by atomic mass is 10.2. The molecule has 0 N–H and O–H groups in total. The van der Waals surface area contributed by atoms with Crippen molar-refractivity contribution in [3.05, 3.63) is 30.1 Å². The largest absolute Gasteiger partial charge is 0.339 e. The van der Waals surface area contributed by atoms with Gasteiger partial charge in [-0.3, -0.25) is 4.79 Å². The van der Waals surface area contributed by atoms with Crippen LogP contribution in [0.5, 0.6) is 0 Å². The number of rotatable bonds is 3. The third-order valence-electron chi connectivity index (χ3n) is 3.08. The molecule has 0 spiro atoms. The van der Waals surface area contributed by atoms with Crippen LogP contribution in [0, 0.1) is 5.82 Å². The zero-order valence-corrected chi connectivity index (χ0v) is 11.8. The first-order valence-corrected chi connectivity index (χ1v) is 7.73. The van der Waals surface area contributed by atoms with Crippen molar-refractivity contribution < 1.29 is 17.6 Å². The van der Waals surface area contributed by atoms with E-state index in [4.69, 9.17) is 11.6 Å². The SMILES string of the molecule is CC(Cl)C(=O)N1CC(S(=O)(=O)c2ccccc2F)C1. The number of likely N-dealkylation sites (tertiary alicyclic amines) is 1. The summed E-state index contributed by atoms with van der Waals surface area (Å²) < 4.78 is 37.8. The summed E-state index contributed by atoms with van der Waals surface area (Å²) in [6.07, 6.45) is 0. The van der Waals surface area contributed by atoms with Crippen LogP contribution in [0.25, 0.3) is 0 Å². The highest BCUT2D eigenvalue weighted by atomic mass is 35.5. The predicted octanol–water partition coefficient (Wildman–Crippen LogP) is 1.44. The summed E-state index contributed by atoms with van der Waals surface area (Å²) in [5.74, 6) is -1.07. The van der Waals surface area contributed by atoms with Gasteiger partial charge in [-0.15, -0.1) is 11.6 Å². The summed E-state index contributed by atoms with van der Waals surface area (Å²) in [6.45, 7) is 1.65. The Hall–Kier alpha value is -1.14. The van der Waals surface area contributed by atoms with Crippen molar-refractivity contribution in [3.8, 4) is 0 Å². The molecule has 1 aromatic carbocycles. The number of hydrogen-bond donors (Lipinski definition) is 0. The minimum absolute atomic E-state index is 0.0621. The smallest absolute Gasteiger partial charge is 0.240 e. The van der Waals surface area contributed by atoms with E-state index in [2.05, 4.69) is 0 Å². The van der Waals surface area contributed by atoms with Crippen molar-refractivity contribution in [2.45, 2.75) is 22.4 Å². The first kappa shape index (κ1) is 14.3. The minimum atomic E-state index is -3.74. The van der Waals surface area contributed by atoms with Gasteiger partial charge in [0.2, 0.25) is 5.91 Å². The zero-order chi connectivity index (χ0) is 14.2. The molecule has 0 bridgehead atoms. The van der Waals surface area contributed by atoms with E-state index in [0.717, 1.165) is 6.07 Å². The molecule has 2 rings (SSSR count). The lowest BCUT2D eigenvalue weighted by Gasteiger charge is -2.39. The van der Waals surface area contributed by atoms with Crippen LogP contribution >= 0.6 is 11.6 Å². The van der Waals surface area contributed by atoms with Crippen molar-refractivity contribution in [1.29, 1.82) is 0 Å². The highest BCUT2D eigenvalue weighted by molar-refractivity contribution is 7.92. The molecule has 1 aromatic rings. The molecular weight excluding hydrogens is 293 g/mol. The number of halogens is 2. The van der Waals surface area contributed by atoms with E-state index in [1.54, 1.807) is 0 Å². The maximum absolute atomic E-state index is 13.5. The Morgan fingerprint density at radius 1 is 1.42 bits per heavy atom. The molecule has 7 heteroatoms. The fourth-order valence-corrected chi connectivity index (χ4v) is 3.78. The molecule has 1 unspecified atom stereocenters. The Morgan fingerprint density at radius 2 is 2.00 bits per heavy atom. The van der Waals surface area contributed by atoms with E-state index in [0.29, 0.717) is 0 Å². The van der Waals surface area contributed by atoms with Gasteiger partial charge < -0.3 is 4.90 Å². The standard InChI is InChI=1S/C12H13ClFNO3S/c1-8(13)12(16)15-6-9(7-15)19(17,18)11-5-3-2-4-10(11)14/h2-5,8-9H,6-7H2,1H3. The van der Waals surface area contributed by atoms with Gasteiger partial charge in [0.05, 0.1) is 0 Å². The molecule has 4 nitrogen and oxygen atoms in total. The molecule has 1 aliphatic heterocycles. The van der Waals surface area contributed by atoms with Crippen LogP contribution in [-0.4, -0.2) is 42.9 Å². The number of carbonyl (C=O) groups excluding carboxylic acids is 1. The van der Waals surface area contributed by atoms with E-state index in [1.807, 2.05) is 0 Å². The van der Waals surface area contributed by atoms with Crippen LogP contribution in [0.1, 0.15) is 6.92 Å². The molecule has 1 heterocycles. The van der Waals surface area contributed by atoms with Crippen LogP contribution in [0.4, 0.5) is 4.39 Å². The lowest BCUT2D eigenvalue weighted by molar-refractivity contribution is -0.133. The lowest BCUT2D eigenvalue weighted by Crippen LogP contribution is -2.58. The quantitative estimate of drug-likeness (QED) is 0.794. The predicted molar refractivity (Wildman–Crippen MR) is 69.3 cm³/mol. The second-order valence-corrected chi connectivity index (χ2v) is 7.31. The second kappa shape index (κ2) is 5.09. The minimum Gasteiger partial charge on any atom is -0.339 e. The fourth-order valence-electron chi connectivity index (χ4n) is 1.92. The van der Waals surface area contributed by atoms with Gasteiger partial charge in [0, 0.05) is 13.1 Å². The van der Waals surface area contributed by atoms with Crippen LogP contribution in [0.3, 0.4) is 0 Å². The molecule has 0 aromatic heterocycles. The van der Waals surface area contributed by atoms with E-state index < -0.39 is 26.3 Å². The highest BCUT2D eigenvalue weighted by Crippen LogP contribution is 2.26. The first-order valence-electron chi connectivity index (χ1n) is 5.75. The third-order valence-corrected chi connectivity index (χ3v) is 5.39. The van der Waals surface area contributed by atoms with Crippen LogP contribution in [-0.2, 0) is 14.6 Å². The first-order chi connectivity index (χ1) is 8.84. The normalized spacial score (nSPS) is 17.9. The summed E-state index contributed by atoms with van der Waals surface area (Å²) in [6, 6.07) is 5.24. The van der Waals surface area contributed by atoms with Crippen molar-refractivity contribution in [2.24, 2.45) is 0 Å². The number of sulfone groups is 1. The average Bonchev–Trinajstić information content (AvgIpc) is 2.26. The monoisotopic (exact) mass is 305 g/mol. The topological polar surface area (TPSA) is 54.5 Å². The average molecular weight is 306 g/mol. The molecule has 1 fully saturated rings. The number of amides is 1. The number of hydrogen-bond acceptors (Lipinski definition) is 3. The maximum Gasteiger partial charge on any atom is 0.240 e. The van der Waals surface area contributed by atoms with E-state index in [-0.39, 0.29) is 23.9 Å². The van der Waals surface area contributed by atoms with Gasteiger partial charge in [0.25, 0.3) is 0 Å². The van der Waals surface area contributed by atoms with E-state index in [1.165, 1.54) is 30.0 Å². The molecule has 0 radical (unpaired) electrons. The van der Waals surface area contributed by atoms with Crippen LogP contribution < -0.4 is 0 Å². The summed E-state index contributed by atoms with van der Waals surface area (Å²) in [5.41, 5.74) is 0. The molecule has 1 amide bonds. The van der Waals surface area contributed by atoms with Gasteiger partial charge in [-0.1, -0.05) is 12.1 Å². The maximum atomic E-state index is 13.5. The number of nitrogens with zero attached hydrogens (tertiary/aromatic N) is 1. The fraction of sp³-hybridized carbons (Fsp3) is 0.417. The van der Waals surface area contributed by atoms with Gasteiger partial charge in [-0.2, -0.15) is 0 Å². The van der Waals surface area contributed by atoms with E-state index >= 15 is 0 Å². The Morgan fingerprint density at radius 3 is 2.53 bits per heavy atom. The van der Waals surface area contributed by atoms with Gasteiger partial charge in [0.1, 0.15) is 21.3 Å². The van der Waals surface area contributed by atoms with Gasteiger partial charge >= 0.3 is 0 Å².